The minimum absolute atomic E-state index is 0.0851. The number of aromatic nitrogens is 1. The summed E-state index contributed by atoms with van der Waals surface area (Å²) in [6.45, 7) is 6.09. The van der Waals surface area contributed by atoms with Crippen LogP contribution in [0, 0.1) is 13.8 Å². The molecule has 0 unspecified atom stereocenters. The van der Waals surface area contributed by atoms with Crippen molar-refractivity contribution in [2.45, 2.75) is 26.8 Å². The van der Waals surface area contributed by atoms with Gasteiger partial charge in [-0.25, -0.2) is 0 Å². The molecule has 0 saturated heterocycles. The molecule has 2 aromatic heterocycles. The van der Waals surface area contributed by atoms with Crippen LogP contribution in [0.4, 0.5) is 0 Å². The van der Waals surface area contributed by atoms with Crippen LogP contribution in [0.3, 0.4) is 0 Å². The third kappa shape index (κ3) is 2.92. The van der Waals surface area contributed by atoms with Crippen LogP contribution >= 0.6 is 11.3 Å². The summed E-state index contributed by atoms with van der Waals surface area (Å²) in [5, 5.41) is 4.21. The zero-order chi connectivity index (χ0) is 16.6. The fraction of sp³-hybridized carbons (Fsp3) is 0.222. The number of pyridine rings is 1. The average molecular weight is 326 g/mol. The number of hydrogen-bond acceptors (Lipinski definition) is 3. The first kappa shape index (κ1) is 15.5. The van der Waals surface area contributed by atoms with E-state index in [1.165, 1.54) is 16.0 Å². The van der Waals surface area contributed by atoms with Crippen LogP contribution in [0.5, 0.6) is 0 Å². The van der Waals surface area contributed by atoms with E-state index in [9.17, 15) is 9.59 Å². The first-order valence-corrected chi connectivity index (χ1v) is 8.27. The summed E-state index contributed by atoms with van der Waals surface area (Å²) in [6, 6.07) is 9.16. The molecule has 0 aliphatic carbocycles. The van der Waals surface area contributed by atoms with E-state index in [1.54, 1.807) is 29.5 Å². The Bertz CT molecular complexity index is 940. The summed E-state index contributed by atoms with van der Waals surface area (Å²) in [4.78, 5) is 29.6. The van der Waals surface area contributed by atoms with Gasteiger partial charge in [0.1, 0.15) is 0 Å². The van der Waals surface area contributed by atoms with Crippen molar-refractivity contribution in [1.29, 1.82) is 0 Å². The van der Waals surface area contributed by atoms with Crippen LogP contribution in [0.15, 0.2) is 41.3 Å². The molecule has 0 aliphatic heterocycles. The van der Waals surface area contributed by atoms with Crippen molar-refractivity contribution in [3.05, 3.63) is 67.8 Å². The molecule has 1 amide bonds. The summed E-state index contributed by atoms with van der Waals surface area (Å²) < 4.78 is 0. The number of hydrogen-bond donors (Lipinski definition) is 2. The molecule has 0 saturated carbocycles. The topological polar surface area (TPSA) is 62.0 Å². The van der Waals surface area contributed by atoms with Gasteiger partial charge in [-0.1, -0.05) is 18.2 Å². The second-order valence-corrected chi connectivity index (χ2v) is 7.10. The van der Waals surface area contributed by atoms with Crippen LogP contribution in [0.25, 0.3) is 10.8 Å². The summed E-state index contributed by atoms with van der Waals surface area (Å²) in [5.74, 6) is -0.187. The molecule has 0 spiro atoms. The van der Waals surface area contributed by atoms with Crippen molar-refractivity contribution in [2.75, 3.05) is 0 Å². The zero-order valence-electron chi connectivity index (χ0n) is 13.3. The smallest absolute Gasteiger partial charge is 0.255 e. The van der Waals surface area contributed by atoms with E-state index in [4.69, 9.17) is 0 Å². The summed E-state index contributed by atoms with van der Waals surface area (Å²) in [5.41, 5.74) is 1.43. The normalized spacial score (nSPS) is 12.3. The number of aryl methyl sites for hydroxylation is 2. The average Bonchev–Trinajstić information content (AvgIpc) is 2.86. The largest absolute Gasteiger partial charge is 0.345 e. The van der Waals surface area contributed by atoms with Crippen molar-refractivity contribution in [3.63, 3.8) is 0 Å². The maximum absolute atomic E-state index is 12.6. The highest BCUT2D eigenvalue weighted by molar-refractivity contribution is 7.12. The van der Waals surface area contributed by atoms with E-state index >= 15 is 0 Å². The third-order valence-corrected chi connectivity index (χ3v) is 4.93. The van der Waals surface area contributed by atoms with Gasteiger partial charge in [0.15, 0.2) is 0 Å². The van der Waals surface area contributed by atoms with Gasteiger partial charge in [0.2, 0.25) is 0 Å². The second-order valence-electron chi connectivity index (χ2n) is 5.64. The molecule has 2 heterocycles. The van der Waals surface area contributed by atoms with E-state index < -0.39 is 0 Å². The van der Waals surface area contributed by atoms with E-state index in [0.29, 0.717) is 16.3 Å². The van der Waals surface area contributed by atoms with Crippen LogP contribution in [0.1, 0.15) is 38.6 Å². The zero-order valence-corrected chi connectivity index (χ0v) is 14.1. The van der Waals surface area contributed by atoms with Crippen molar-refractivity contribution in [2.24, 2.45) is 0 Å². The fourth-order valence-corrected chi connectivity index (χ4v) is 3.85. The van der Waals surface area contributed by atoms with Crippen molar-refractivity contribution in [1.82, 2.24) is 10.3 Å². The highest BCUT2D eigenvalue weighted by Crippen LogP contribution is 2.26. The van der Waals surface area contributed by atoms with Gasteiger partial charge in [0.25, 0.3) is 11.5 Å². The Hall–Kier alpha value is -2.40. The lowest BCUT2D eigenvalue weighted by Gasteiger charge is -2.15. The predicted molar refractivity (Wildman–Crippen MR) is 94.2 cm³/mol. The Morgan fingerprint density at radius 3 is 2.57 bits per heavy atom. The number of fused-ring (bicyclic) bond motifs is 1. The number of H-pyrrole nitrogens is 1. The lowest BCUT2D eigenvalue weighted by molar-refractivity contribution is 0.0941. The van der Waals surface area contributed by atoms with Gasteiger partial charge in [-0.05, 0) is 38.5 Å². The number of benzene rings is 1. The van der Waals surface area contributed by atoms with Crippen molar-refractivity contribution in [3.8, 4) is 0 Å². The van der Waals surface area contributed by atoms with Crippen LogP contribution in [-0.2, 0) is 0 Å². The molecule has 5 heteroatoms. The molecule has 0 fully saturated rings. The van der Waals surface area contributed by atoms with Crippen LogP contribution < -0.4 is 10.9 Å². The number of rotatable bonds is 3. The van der Waals surface area contributed by atoms with E-state index in [2.05, 4.69) is 30.2 Å². The number of nitrogens with one attached hydrogen (secondary N) is 2. The molecule has 0 radical (unpaired) electrons. The molecule has 3 rings (SSSR count). The molecule has 0 bridgehead atoms. The summed E-state index contributed by atoms with van der Waals surface area (Å²) in [6.07, 6.45) is 1.48. The van der Waals surface area contributed by atoms with E-state index in [-0.39, 0.29) is 17.5 Å². The van der Waals surface area contributed by atoms with Gasteiger partial charge < -0.3 is 10.3 Å². The second kappa shape index (κ2) is 6.01. The first-order valence-electron chi connectivity index (χ1n) is 7.45. The van der Waals surface area contributed by atoms with Gasteiger partial charge >= 0.3 is 0 Å². The van der Waals surface area contributed by atoms with Gasteiger partial charge in [0, 0.05) is 26.7 Å². The number of carbonyl (C=O) groups is 1. The predicted octanol–water partition coefficient (Wildman–Crippen LogP) is 3.70. The van der Waals surface area contributed by atoms with Crippen LogP contribution in [-0.4, -0.2) is 10.9 Å². The van der Waals surface area contributed by atoms with E-state index in [1.807, 2.05) is 13.0 Å². The first-order chi connectivity index (χ1) is 11.0. The van der Waals surface area contributed by atoms with Crippen molar-refractivity contribution < 1.29 is 4.79 Å². The maximum Gasteiger partial charge on any atom is 0.255 e. The maximum atomic E-state index is 12.6. The fourth-order valence-electron chi connectivity index (χ4n) is 2.83. The van der Waals surface area contributed by atoms with Gasteiger partial charge in [-0.15, -0.1) is 11.3 Å². The Balaban J connectivity index is 1.94. The number of carbonyl (C=O) groups excluding carboxylic acids is 1. The van der Waals surface area contributed by atoms with Gasteiger partial charge in [-0.3, -0.25) is 9.59 Å². The van der Waals surface area contributed by atoms with Gasteiger partial charge in [0.05, 0.1) is 11.6 Å². The standard InChI is InChI=1S/C18H18N2O2S/c1-10-8-15(12(3)23-10)11(2)20-18(22)16-9-19-17(21)14-7-5-4-6-13(14)16/h4-9,11H,1-3H3,(H,19,21)(H,20,22)/t11-/m1/s1. The third-order valence-electron chi connectivity index (χ3n) is 3.95. The van der Waals surface area contributed by atoms with Crippen LogP contribution in [0.2, 0.25) is 0 Å². The molecule has 0 aliphatic rings. The Labute approximate surface area is 138 Å². The SMILES string of the molecule is Cc1cc([C@@H](C)NC(=O)c2c[nH]c(=O)c3ccccc23)c(C)s1. The number of amides is 1. The number of aromatic amines is 1. The summed E-state index contributed by atoms with van der Waals surface area (Å²) in [7, 11) is 0. The molecule has 1 aromatic carbocycles. The Kier molecular flexibility index (Phi) is 4.05. The monoisotopic (exact) mass is 326 g/mol. The molecule has 2 N–H and O–H groups in total. The lowest BCUT2D eigenvalue weighted by Crippen LogP contribution is -2.27. The molecule has 4 nitrogen and oxygen atoms in total. The molecule has 3 aromatic rings. The molecule has 118 valence electrons. The Morgan fingerprint density at radius 1 is 1.22 bits per heavy atom. The number of thiophene rings is 1. The quantitative estimate of drug-likeness (QED) is 0.771. The minimum atomic E-state index is -0.187. The molecule has 1 atom stereocenters. The highest BCUT2D eigenvalue weighted by atomic mass is 32.1. The molecular weight excluding hydrogens is 308 g/mol. The van der Waals surface area contributed by atoms with Crippen molar-refractivity contribution >= 4 is 28.0 Å². The molecular formula is C18H18N2O2S. The lowest BCUT2D eigenvalue weighted by atomic mass is 10.1. The van der Waals surface area contributed by atoms with E-state index in [0.717, 1.165) is 5.56 Å². The molecule has 23 heavy (non-hydrogen) atoms. The summed E-state index contributed by atoms with van der Waals surface area (Å²) >= 11 is 1.73. The van der Waals surface area contributed by atoms with Gasteiger partial charge in [-0.2, -0.15) is 0 Å². The highest BCUT2D eigenvalue weighted by Gasteiger charge is 2.17. The minimum Gasteiger partial charge on any atom is -0.345 e. The Morgan fingerprint density at radius 2 is 1.91 bits per heavy atom.